The molecule has 5 rings (SSSR count). The SMILES string of the molecule is CCCCOC1CCC(C2CCC(c3ccc(-c4ccc(C5CCC(OCC)CC5)cc4F)c(F)c3)CC2)CC1. The number of hydrogen-bond acceptors (Lipinski definition) is 2. The van der Waals surface area contributed by atoms with Crippen LogP contribution in [0.2, 0.25) is 0 Å². The summed E-state index contributed by atoms with van der Waals surface area (Å²) in [4.78, 5) is 0. The van der Waals surface area contributed by atoms with Gasteiger partial charge in [-0.25, -0.2) is 8.78 Å². The summed E-state index contributed by atoms with van der Waals surface area (Å²) in [5, 5.41) is 0. The maximum Gasteiger partial charge on any atom is 0.131 e. The molecule has 3 aliphatic rings. The molecule has 0 aliphatic heterocycles. The van der Waals surface area contributed by atoms with Crippen molar-refractivity contribution in [3.05, 3.63) is 59.2 Å². The number of hydrogen-bond donors (Lipinski definition) is 0. The summed E-state index contributed by atoms with van der Waals surface area (Å²) in [7, 11) is 0. The lowest BCUT2D eigenvalue weighted by atomic mass is 9.69. The van der Waals surface area contributed by atoms with Gasteiger partial charge >= 0.3 is 0 Å². The van der Waals surface area contributed by atoms with Gasteiger partial charge in [-0.3, -0.25) is 0 Å². The van der Waals surface area contributed by atoms with E-state index in [-0.39, 0.29) is 11.6 Å². The van der Waals surface area contributed by atoms with Crippen molar-refractivity contribution in [1.29, 1.82) is 0 Å². The van der Waals surface area contributed by atoms with Gasteiger partial charge in [-0.1, -0.05) is 37.6 Å². The van der Waals surface area contributed by atoms with Gasteiger partial charge in [0.05, 0.1) is 12.2 Å². The summed E-state index contributed by atoms with van der Waals surface area (Å²) in [6.45, 7) is 5.92. The topological polar surface area (TPSA) is 18.5 Å². The molecule has 0 amide bonds. The predicted octanol–water partition coefficient (Wildman–Crippen LogP) is 10.3. The standard InChI is InChI=1S/C36H50F2O2/c1-3-5-22-40-32-18-10-26(11-19-32)25-6-8-27(9-7-25)29-14-20-33(35(37)23-29)34-21-15-30(24-36(34)38)28-12-16-31(17-13-28)39-4-2/h14-15,20-21,23-28,31-32H,3-13,16-19,22H2,1-2H3. The zero-order valence-electron chi connectivity index (χ0n) is 24.8. The van der Waals surface area contributed by atoms with Crippen molar-refractivity contribution >= 4 is 0 Å². The molecule has 2 nitrogen and oxygen atoms in total. The van der Waals surface area contributed by atoms with Crippen molar-refractivity contribution < 1.29 is 18.3 Å². The second-order valence-corrected chi connectivity index (χ2v) is 12.8. The Balaban J connectivity index is 1.14. The minimum absolute atomic E-state index is 0.301. The fraction of sp³-hybridized carbons (Fsp3) is 0.667. The van der Waals surface area contributed by atoms with E-state index < -0.39 is 0 Å². The molecular weight excluding hydrogens is 502 g/mol. The molecule has 3 saturated carbocycles. The lowest BCUT2D eigenvalue weighted by Gasteiger charge is -2.38. The first-order valence-corrected chi connectivity index (χ1v) is 16.4. The zero-order chi connectivity index (χ0) is 27.9. The molecule has 0 N–H and O–H groups in total. The number of halogens is 2. The summed E-state index contributed by atoms with van der Waals surface area (Å²) in [6.07, 6.45) is 17.0. The van der Waals surface area contributed by atoms with E-state index in [1.165, 1.54) is 51.4 Å². The normalized spacial score (nSPS) is 29.4. The number of ether oxygens (including phenoxy) is 2. The Kier molecular flexibility index (Phi) is 10.7. The molecule has 0 heterocycles. The Morgan fingerprint density at radius 1 is 0.600 bits per heavy atom. The third kappa shape index (κ3) is 7.34. The van der Waals surface area contributed by atoms with Gasteiger partial charge in [0.25, 0.3) is 0 Å². The molecule has 0 saturated heterocycles. The third-order valence-electron chi connectivity index (χ3n) is 10.3. The highest BCUT2D eigenvalue weighted by Gasteiger charge is 2.32. The van der Waals surface area contributed by atoms with E-state index in [0.717, 1.165) is 74.7 Å². The van der Waals surface area contributed by atoms with E-state index in [0.29, 0.717) is 35.2 Å². The first-order chi connectivity index (χ1) is 19.6. The van der Waals surface area contributed by atoms with E-state index >= 15 is 8.78 Å². The van der Waals surface area contributed by atoms with E-state index in [2.05, 4.69) is 6.92 Å². The summed E-state index contributed by atoms with van der Waals surface area (Å²) in [5.41, 5.74) is 2.85. The lowest BCUT2D eigenvalue weighted by Crippen LogP contribution is -2.28. The molecule has 0 unspecified atom stereocenters. The second kappa shape index (κ2) is 14.4. The quantitative estimate of drug-likeness (QED) is 0.273. The van der Waals surface area contributed by atoms with Crippen LogP contribution in [0.25, 0.3) is 11.1 Å². The molecule has 220 valence electrons. The van der Waals surface area contributed by atoms with Crippen molar-refractivity contribution in [2.45, 2.75) is 128 Å². The summed E-state index contributed by atoms with van der Waals surface area (Å²) in [5.74, 6) is 1.78. The third-order valence-corrected chi connectivity index (χ3v) is 10.3. The van der Waals surface area contributed by atoms with Crippen LogP contribution in [-0.2, 0) is 9.47 Å². The van der Waals surface area contributed by atoms with E-state index in [1.54, 1.807) is 18.2 Å². The zero-order valence-corrected chi connectivity index (χ0v) is 24.8. The minimum atomic E-state index is -0.318. The lowest BCUT2D eigenvalue weighted by molar-refractivity contribution is 0.00675. The predicted molar refractivity (Wildman–Crippen MR) is 160 cm³/mol. The van der Waals surface area contributed by atoms with Gasteiger partial charge in [0, 0.05) is 24.3 Å². The minimum Gasteiger partial charge on any atom is -0.379 e. The molecule has 0 radical (unpaired) electrons. The summed E-state index contributed by atoms with van der Waals surface area (Å²) >= 11 is 0. The highest BCUT2D eigenvalue weighted by Crippen LogP contribution is 2.44. The number of benzene rings is 2. The van der Waals surface area contributed by atoms with E-state index in [4.69, 9.17) is 9.47 Å². The van der Waals surface area contributed by atoms with Gasteiger partial charge in [0.1, 0.15) is 11.6 Å². The van der Waals surface area contributed by atoms with Crippen LogP contribution in [0.1, 0.15) is 127 Å². The second-order valence-electron chi connectivity index (χ2n) is 12.8. The molecule has 0 atom stereocenters. The number of unbranched alkanes of at least 4 members (excludes halogenated alkanes) is 1. The van der Waals surface area contributed by atoms with Crippen molar-refractivity contribution in [3.63, 3.8) is 0 Å². The Morgan fingerprint density at radius 2 is 1.05 bits per heavy atom. The average molecular weight is 553 g/mol. The van der Waals surface area contributed by atoms with Gasteiger partial charge in [-0.15, -0.1) is 0 Å². The molecule has 40 heavy (non-hydrogen) atoms. The van der Waals surface area contributed by atoms with Gasteiger partial charge < -0.3 is 9.47 Å². The van der Waals surface area contributed by atoms with Crippen LogP contribution in [0.5, 0.6) is 0 Å². The van der Waals surface area contributed by atoms with Gasteiger partial charge in [-0.2, -0.15) is 0 Å². The van der Waals surface area contributed by atoms with Crippen molar-refractivity contribution in [2.75, 3.05) is 13.2 Å². The maximum absolute atomic E-state index is 15.4. The Labute approximate surface area is 241 Å². The van der Waals surface area contributed by atoms with Crippen molar-refractivity contribution in [1.82, 2.24) is 0 Å². The van der Waals surface area contributed by atoms with Crippen LogP contribution in [0, 0.1) is 23.5 Å². The van der Waals surface area contributed by atoms with Gasteiger partial charge in [0.2, 0.25) is 0 Å². The summed E-state index contributed by atoms with van der Waals surface area (Å²) < 4.78 is 42.4. The Bertz CT molecular complexity index is 1060. The molecule has 0 aromatic heterocycles. The van der Waals surface area contributed by atoms with Gasteiger partial charge in [0.15, 0.2) is 0 Å². The van der Waals surface area contributed by atoms with Crippen LogP contribution in [0.3, 0.4) is 0 Å². The molecule has 2 aromatic rings. The number of rotatable bonds is 10. The monoisotopic (exact) mass is 552 g/mol. The molecule has 0 bridgehead atoms. The van der Waals surface area contributed by atoms with Crippen LogP contribution < -0.4 is 0 Å². The van der Waals surface area contributed by atoms with Gasteiger partial charge in [-0.05, 0) is 137 Å². The first kappa shape index (κ1) is 29.7. The van der Waals surface area contributed by atoms with Crippen LogP contribution in [0.15, 0.2) is 36.4 Å². The molecular formula is C36H50F2O2. The summed E-state index contributed by atoms with van der Waals surface area (Å²) in [6, 6.07) is 11.0. The highest BCUT2D eigenvalue weighted by atomic mass is 19.1. The van der Waals surface area contributed by atoms with Crippen molar-refractivity contribution in [3.8, 4) is 11.1 Å². The van der Waals surface area contributed by atoms with Crippen LogP contribution in [0.4, 0.5) is 8.78 Å². The maximum atomic E-state index is 15.4. The largest absolute Gasteiger partial charge is 0.379 e. The fourth-order valence-corrected chi connectivity index (χ4v) is 7.85. The first-order valence-electron chi connectivity index (χ1n) is 16.4. The smallest absolute Gasteiger partial charge is 0.131 e. The Hall–Kier alpha value is -1.78. The van der Waals surface area contributed by atoms with E-state index in [9.17, 15) is 0 Å². The van der Waals surface area contributed by atoms with Crippen LogP contribution >= 0.6 is 0 Å². The Morgan fingerprint density at radius 3 is 1.52 bits per heavy atom. The highest BCUT2D eigenvalue weighted by molar-refractivity contribution is 5.66. The fourth-order valence-electron chi connectivity index (χ4n) is 7.85. The molecule has 3 aliphatic carbocycles. The molecule has 3 fully saturated rings. The molecule has 2 aromatic carbocycles. The van der Waals surface area contributed by atoms with E-state index in [1.807, 2.05) is 25.1 Å². The van der Waals surface area contributed by atoms with Crippen LogP contribution in [-0.4, -0.2) is 25.4 Å². The van der Waals surface area contributed by atoms with Crippen molar-refractivity contribution in [2.24, 2.45) is 11.8 Å². The molecule has 0 spiro atoms. The molecule has 4 heteroatoms. The average Bonchev–Trinajstić information content (AvgIpc) is 2.98.